The minimum atomic E-state index is -4.45. The number of halogens is 3. The van der Waals surface area contributed by atoms with E-state index >= 15 is 0 Å². The van der Waals surface area contributed by atoms with Gasteiger partial charge in [0.2, 0.25) is 11.7 Å². The molecule has 0 saturated carbocycles. The molecule has 1 atom stereocenters. The molecule has 6 nitrogen and oxygen atoms in total. The standard InChI is InChI=1S/C16H15F3N4O2/c1-10(23-8-15(24,9-23)5-6-20)14-21-13(22-25-14)11-3-2-4-12(7-11)16(17,18)19/h2-4,7,10,24H,5,8-9H2,1H3. The first-order chi connectivity index (χ1) is 11.7. The van der Waals surface area contributed by atoms with Gasteiger partial charge in [-0.2, -0.15) is 23.4 Å². The molecule has 1 aliphatic rings. The van der Waals surface area contributed by atoms with Crippen molar-refractivity contribution in [1.82, 2.24) is 15.0 Å². The molecule has 0 aliphatic carbocycles. The van der Waals surface area contributed by atoms with Crippen LogP contribution in [0, 0.1) is 11.3 Å². The van der Waals surface area contributed by atoms with Gasteiger partial charge in [-0.1, -0.05) is 17.3 Å². The highest BCUT2D eigenvalue weighted by molar-refractivity contribution is 5.55. The van der Waals surface area contributed by atoms with Gasteiger partial charge in [-0.15, -0.1) is 0 Å². The number of benzene rings is 1. The fourth-order valence-corrected chi connectivity index (χ4v) is 2.76. The summed E-state index contributed by atoms with van der Waals surface area (Å²) in [6.45, 7) is 2.38. The molecular weight excluding hydrogens is 337 g/mol. The molecule has 1 N–H and O–H groups in total. The van der Waals surface area contributed by atoms with E-state index in [1.54, 1.807) is 6.92 Å². The van der Waals surface area contributed by atoms with Crippen molar-refractivity contribution in [2.24, 2.45) is 0 Å². The van der Waals surface area contributed by atoms with Crippen LogP contribution in [0.3, 0.4) is 0 Å². The summed E-state index contributed by atoms with van der Waals surface area (Å²) >= 11 is 0. The van der Waals surface area contributed by atoms with Crippen LogP contribution in [-0.4, -0.2) is 38.8 Å². The molecule has 1 aromatic carbocycles. The van der Waals surface area contributed by atoms with Gasteiger partial charge in [0.25, 0.3) is 0 Å². The average molecular weight is 352 g/mol. The lowest BCUT2D eigenvalue weighted by Crippen LogP contribution is -2.61. The summed E-state index contributed by atoms with van der Waals surface area (Å²) in [5.74, 6) is 0.312. The van der Waals surface area contributed by atoms with E-state index < -0.39 is 17.3 Å². The third-order valence-corrected chi connectivity index (χ3v) is 4.20. The van der Waals surface area contributed by atoms with Gasteiger partial charge in [0, 0.05) is 18.7 Å². The molecule has 1 aromatic heterocycles. The number of nitriles is 1. The van der Waals surface area contributed by atoms with Gasteiger partial charge in [0.15, 0.2) is 0 Å². The van der Waals surface area contributed by atoms with Crippen LogP contribution in [-0.2, 0) is 6.18 Å². The van der Waals surface area contributed by atoms with E-state index in [9.17, 15) is 18.3 Å². The summed E-state index contributed by atoms with van der Waals surface area (Å²) in [4.78, 5) is 6.01. The molecule has 132 valence electrons. The Kier molecular flexibility index (Phi) is 4.26. The van der Waals surface area contributed by atoms with E-state index in [4.69, 9.17) is 9.78 Å². The summed E-state index contributed by atoms with van der Waals surface area (Å²) in [5.41, 5.74) is -1.61. The van der Waals surface area contributed by atoms with Crippen molar-refractivity contribution in [3.8, 4) is 17.5 Å². The second-order valence-electron chi connectivity index (χ2n) is 6.17. The maximum absolute atomic E-state index is 12.8. The van der Waals surface area contributed by atoms with E-state index in [1.165, 1.54) is 12.1 Å². The molecular formula is C16H15F3N4O2. The van der Waals surface area contributed by atoms with Crippen LogP contribution in [0.2, 0.25) is 0 Å². The Morgan fingerprint density at radius 1 is 1.44 bits per heavy atom. The zero-order valence-corrected chi connectivity index (χ0v) is 13.3. The predicted molar refractivity (Wildman–Crippen MR) is 79.9 cm³/mol. The zero-order chi connectivity index (χ0) is 18.2. The van der Waals surface area contributed by atoms with E-state index in [-0.39, 0.29) is 29.7 Å². The first-order valence-corrected chi connectivity index (χ1v) is 7.56. The molecule has 3 rings (SSSR count). The highest BCUT2D eigenvalue weighted by Crippen LogP contribution is 2.34. The van der Waals surface area contributed by atoms with Gasteiger partial charge >= 0.3 is 6.18 Å². The first-order valence-electron chi connectivity index (χ1n) is 7.56. The maximum atomic E-state index is 12.8. The Hall–Kier alpha value is -2.44. The molecule has 2 aromatic rings. The van der Waals surface area contributed by atoms with Crippen molar-refractivity contribution < 1.29 is 22.8 Å². The van der Waals surface area contributed by atoms with Crippen LogP contribution in [0.15, 0.2) is 28.8 Å². The second-order valence-corrected chi connectivity index (χ2v) is 6.17. The number of β-amino-alcohol motifs (C(OH)–C–C–N with tert-alkyl or cyclic N) is 1. The van der Waals surface area contributed by atoms with Gasteiger partial charge in [0.1, 0.15) is 5.60 Å². The van der Waals surface area contributed by atoms with Crippen molar-refractivity contribution in [1.29, 1.82) is 5.26 Å². The number of aliphatic hydroxyl groups is 1. The molecule has 0 bridgehead atoms. The SMILES string of the molecule is CC(c1nc(-c2cccc(C(F)(F)F)c2)no1)N1CC(O)(CC#N)C1. The zero-order valence-electron chi connectivity index (χ0n) is 13.3. The topological polar surface area (TPSA) is 86.2 Å². The van der Waals surface area contributed by atoms with Crippen LogP contribution >= 0.6 is 0 Å². The molecule has 9 heteroatoms. The van der Waals surface area contributed by atoms with E-state index in [0.29, 0.717) is 13.1 Å². The van der Waals surface area contributed by atoms with Gasteiger partial charge in [-0.3, -0.25) is 4.90 Å². The number of likely N-dealkylation sites (tertiary alicyclic amines) is 1. The summed E-state index contributed by atoms with van der Waals surface area (Å²) in [6.07, 6.45) is -4.41. The van der Waals surface area contributed by atoms with Crippen molar-refractivity contribution in [2.75, 3.05) is 13.1 Å². The number of nitrogens with zero attached hydrogens (tertiary/aromatic N) is 4. The highest BCUT2D eigenvalue weighted by atomic mass is 19.4. The van der Waals surface area contributed by atoms with E-state index in [1.807, 2.05) is 11.0 Å². The molecule has 25 heavy (non-hydrogen) atoms. The molecule has 0 spiro atoms. The summed E-state index contributed by atoms with van der Waals surface area (Å²) in [5, 5.41) is 22.4. The summed E-state index contributed by atoms with van der Waals surface area (Å²) in [7, 11) is 0. The lowest BCUT2D eigenvalue weighted by atomic mass is 9.89. The van der Waals surface area contributed by atoms with Gasteiger partial charge in [-0.05, 0) is 19.1 Å². The van der Waals surface area contributed by atoms with Crippen molar-refractivity contribution in [3.05, 3.63) is 35.7 Å². The second kappa shape index (κ2) is 6.13. The monoisotopic (exact) mass is 352 g/mol. The Morgan fingerprint density at radius 2 is 2.16 bits per heavy atom. The smallest absolute Gasteiger partial charge is 0.386 e. The Bertz CT molecular complexity index is 806. The van der Waals surface area contributed by atoms with Gasteiger partial charge < -0.3 is 9.63 Å². The molecule has 2 heterocycles. The molecule has 0 amide bonds. The van der Waals surface area contributed by atoms with Crippen LogP contribution in [0.4, 0.5) is 13.2 Å². The molecule has 0 radical (unpaired) electrons. The first kappa shape index (κ1) is 17.4. The Labute approximate surface area is 141 Å². The quantitative estimate of drug-likeness (QED) is 0.911. The fourth-order valence-electron chi connectivity index (χ4n) is 2.76. The van der Waals surface area contributed by atoms with Crippen LogP contribution < -0.4 is 0 Å². The van der Waals surface area contributed by atoms with Crippen molar-refractivity contribution in [2.45, 2.75) is 31.2 Å². The normalized spacial score (nSPS) is 18.4. The fraction of sp³-hybridized carbons (Fsp3) is 0.438. The van der Waals surface area contributed by atoms with E-state index in [0.717, 1.165) is 12.1 Å². The van der Waals surface area contributed by atoms with Crippen molar-refractivity contribution in [3.63, 3.8) is 0 Å². The minimum absolute atomic E-state index is 0.0372. The largest absolute Gasteiger partial charge is 0.416 e. The molecule has 1 fully saturated rings. The number of aromatic nitrogens is 2. The maximum Gasteiger partial charge on any atom is 0.416 e. The summed E-state index contributed by atoms with van der Waals surface area (Å²) in [6, 6.07) is 6.32. The Balaban J connectivity index is 1.74. The van der Waals surface area contributed by atoms with Gasteiger partial charge in [0.05, 0.1) is 24.1 Å². The number of hydrogen-bond acceptors (Lipinski definition) is 6. The lowest BCUT2D eigenvalue weighted by molar-refractivity contribution is -0.137. The van der Waals surface area contributed by atoms with Crippen molar-refractivity contribution >= 4 is 0 Å². The lowest BCUT2D eigenvalue weighted by Gasteiger charge is -2.47. The van der Waals surface area contributed by atoms with Crippen LogP contribution in [0.25, 0.3) is 11.4 Å². The number of hydrogen-bond donors (Lipinski definition) is 1. The number of rotatable bonds is 4. The Morgan fingerprint density at radius 3 is 2.80 bits per heavy atom. The molecule has 1 unspecified atom stereocenters. The van der Waals surface area contributed by atoms with E-state index in [2.05, 4.69) is 10.1 Å². The number of alkyl halides is 3. The third-order valence-electron chi connectivity index (χ3n) is 4.20. The summed E-state index contributed by atoms with van der Waals surface area (Å²) < 4.78 is 43.5. The molecule has 1 aliphatic heterocycles. The van der Waals surface area contributed by atoms with Crippen LogP contribution in [0.5, 0.6) is 0 Å². The molecule has 1 saturated heterocycles. The minimum Gasteiger partial charge on any atom is -0.386 e. The third kappa shape index (κ3) is 3.50. The predicted octanol–water partition coefficient (Wildman–Crippen LogP) is 2.78. The highest BCUT2D eigenvalue weighted by Gasteiger charge is 2.44. The average Bonchev–Trinajstić information content (AvgIpc) is 3.01. The van der Waals surface area contributed by atoms with Crippen LogP contribution in [0.1, 0.15) is 30.8 Å². The van der Waals surface area contributed by atoms with Gasteiger partial charge in [-0.25, -0.2) is 0 Å².